The van der Waals surface area contributed by atoms with E-state index in [-0.39, 0.29) is 0 Å². The van der Waals surface area contributed by atoms with Gasteiger partial charge in [-0.3, -0.25) is 0 Å². The van der Waals surface area contributed by atoms with E-state index >= 15 is 0 Å². The van der Waals surface area contributed by atoms with Gasteiger partial charge in [0.1, 0.15) is 5.82 Å². The van der Waals surface area contributed by atoms with Crippen molar-refractivity contribution in [2.24, 2.45) is 5.92 Å². The molecule has 0 aromatic carbocycles. The predicted octanol–water partition coefficient (Wildman–Crippen LogP) is 2.43. The maximum absolute atomic E-state index is 4.58. The summed E-state index contributed by atoms with van der Waals surface area (Å²) in [4.78, 5) is 7.05. The first-order valence-corrected chi connectivity index (χ1v) is 6.57. The van der Waals surface area contributed by atoms with Gasteiger partial charge >= 0.3 is 0 Å². The highest BCUT2D eigenvalue weighted by molar-refractivity contribution is 5.48. The number of anilines is 1. The molecule has 3 heteroatoms. The number of aromatic nitrogens is 1. The third-order valence-corrected chi connectivity index (χ3v) is 3.65. The second-order valence-corrected chi connectivity index (χ2v) is 5.19. The third kappa shape index (κ3) is 2.78. The van der Waals surface area contributed by atoms with Crippen molar-refractivity contribution in [3.63, 3.8) is 0 Å². The van der Waals surface area contributed by atoms with Crippen LogP contribution in [-0.2, 0) is 6.54 Å². The lowest BCUT2D eigenvalue weighted by Crippen LogP contribution is -2.41. The smallest absolute Gasteiger partial charge is 0.133 e. The highest BCUT2D eigenvalue weighted by Crippen LogP contribution is 2.28. The van der Waals surface area contributed by atoms with Crippen molar-refractivity contribution in [2.75, 3.05) is 18.5 Å². The van der Waals surface area contributed by atoms with Gasteiger partial charge in [-0.2, -0.15) is 0 Å². The number of hydrogen-bond donors (Lipinski definition) is 1. The van der Waals surface area contributed by atoms with Crippen LogP contribution in [0.1, 0.15) is 32.3 Å². The molecular formula is C14H23N3. The van der Waals surface area contributed by atoms with Gasteiger partial charge in [0, 0.05) is 30.9 Å². The Kier molecular flexibility index (Phi) is 4.00. The first-order chi connectivity index (χ1) is 8.22. The van der Waals surface area contributed by atoms with Gasteiger partial charge in [-0.05, 0) is 38.8 Å². The van der Waals surface area contributed by atoms with Gasteiger partial charge in [-0.1, -0.05) is 13.0 Å². The topological polar surface area (TPSA) is 28.2 Å². The molecule has 2 atom stereocenters. The van der Waals surface area contributed by atoms with Gasteiger partial charge < -0.3 is 10.2 Å². The number of hydrogen-bond acceptors (Lipinski definition) is 3. The maximum Gasteiger partial charge on any atom is 0.133 e. The van der Waals surface area contributed by atoms with Gasteiger partial charge in [-0.25, -0.2) is 4.98 Å². The van der Waals surface area contributed by atoms with Crippen molar-refractivity contribution in [3.8, 4) is 0 Å². The van der Waals surface area contributed by atoms with E-state index in [0.717, 1.165) is 19.0 Å². The molecule has 17 heavy (non-hydrogen) atoms. The maximum atomic E-state index is 4.58. The molecule has 1 aromatic rings. The fraction of sp³-hybridized carbons (Fsp3) is 0.643. The number of nitrogens with zero attached hydrogens (tertiary/aromatic N) is 2. The summed E-state index contributed by atoms with van der Waals surface area (Å²) in [6.07, 6.45) is 4.45. The number of nitrogens with one attached hydrogen (secondary N) is 1. The Hall–Kier alpha value is -1.09. The van der Waals surface area contributed by atoms with Crippen molar-refractivity contribution in [3.05, 3.63) is 23.9 Å². The van der Waals surface area contributed by atoms with Gasteiger partial charge in [0.25, 0.3) is 0 Å². The van der Waals surface area contributed by atoms with Gasteiger partial charge in [0.15, 0.2) is 0 Å². The summed E-state index contributed by atoms with van der Waals surface area (Å²) in [5, 5.41) is 3.22. The van der Waals surface area contributed by atoms with Gasteiger partial charge in [0.2, 0.25) is 0 Å². The van der Waals surface area contributed by atoms with Crippen LogP contribution < -0.4 is 10.2 Å². The van der Waals surface area contributed by atoms with Crippen molar-refractivity contribution >= 4 is 5.82 Å². The lowest BCUT2D eigenvalue weighted by atomic mass is 9.93. The molecule has 3 nitrogen and oxygen atoms in total. The second-order valence-electron chi connectivity index (χ2n) is 5.19. The summed E-state index contributed by atoms with van der Waals surface area (Å²) >= 11 is 0. The molecule has 0 spiro atoms. The molecule has 1 aliphatic heterocycles. The van der Waals surface area contributed by atoms with Crippen LogP contribution in [0.2, 0.25) is 0 Å². The molecule has 0 bridgehead atoms. The minimum absolute atomic E-state index is 0.601. The Balaban J connectivity index is 2.21. The summed E-state index contributed by atoms with van der Waals surface area (Å²) in [6, 6.07) is 4.79. The Labute approximate surface area is 104 Å². The molecule has 1 N–H and O–H groups in total. The Morgan fingerprint density at radius 3 is 3.00 bits per heavy atom. The highest BCUT2D eigenvalue weighted by atomic mass is 15.2. The highest BCUT2D eigenvalue weighted by Gasteiger charge is 2.25. The van der Waals surface area contributed by atoms with E-state index in [0.29, 0.717) is 6.04 Å². The fourth-order valence-corrected chi connectivity index (χ4v) is 2.74. The van der Waals surface area contributed by atoms with Crippen molar-refractivity contribution in [1.29, 1.82) is 0 Å². The van der Waals surface area contributed by atoms with Crippen LogP contribution in [0.5, 0.6) is 0 Å². The minimum Gasteiger partial charge on any atom is -0.354 e. The number of pyridine rings is 1. The molecule has 2 rings (SSSR count). The molecule has 2 unspecified atom stereocenters. The van der Waals surface area contributed by atoms with E-state index in [4.69, 9.17) is 0 Å². The Bertz CT molecular complexity index is 364. The zero-order valence-electron chi connectivity index (χ0n) is 11.1. The fourth-order valence-electron chi connectivity index (χ4n) is 2.74. The summed E-state index contributed by atoms with van der Waals surface area (Å²) in [7, 11) is 1.98. The summed E-state index contributed by atoms with van der Waals surface area (Å²) in [6.45, 7) is 6.69. The van der Waals surface area contributed by atoms with Gasteiger partial charge in [-0.15, -0.1) is 0 Å². The van der Waals surface area contributed by atoms with Crippen molar-refractivity contribution < 1.29 is 0 Å². The van der Waals surface area contributed by atoms with E-state index in [1.54, 1.807) is 0 Å². The lowest BCUT2D eigenvalue weighted by Gasteiger charge is -2.38. The molecule has 1 aromatic heterocycles. The molecule has 1 saturated heterocycles. The van der Waals surface area contributed by atoms with Crippen molar-refractivity contribution in [2.45, 2.75) is 39.3 Å². The summed E-state index contributed by atoms with van der Waals surface area (Å²) in [5.74, 6) is 2.01. The van der Waals surface area contributed by atoms with E-state index in [1.165, 1.54) is 24.2 Å². The first-order valence-electron chi connectivity index (χ1n) is 6.57. The largest absolute Gasteiger partial charge is 0.354 e. The zero-order chi connectivity index (χ0) is 12.3. The van der Waals surface area contributed by atoms with Crippen LogP contribution in [-0.4, -0.2) is 24.6 Å². The predicted molar refractivity (Wildman–Crippen MR) is 72.2 cm³/mol. The molecule has 94 valence electrons. The zero-order valence-corrected chi connectivity index (χ0v) is 11.1. The second kappa shape index (κ2) is 5.50. The SMILES string of the molecule is CNCc1cccnc1N1CCC(C)CC1C. The average molecular weight is 233 g/mol. The molecule has 0 amide bonds. The Morgan fingerprint density at radius 2 is 2.29 bits per heavy atom. The van der Waals surface area contributed by atoms with Crippen LogP contribution in [0.25, 0.3) is 0 Å². The van der Waals surface area contributed by atoms with E-state index in [2.05, 4.69) is 35.1 Å². The molecule has 2 heterocycles. The minimum atomic E-state index is 0.601. The van der Waals surface area contributed by atoms with Crippen LogP contribution in [0, 0.1) is 5.92 Å². The monoisotopic (exact) mass is 233 g/mol. The standard InChI is InChI=1S/C14H23N3/c1-11-6-8-17(12(2)9-11)14-13(10-15-3)5-4-7-16-14/h4-5,7,11-12,15H,6,8-10H2,1-3H3. The van der Waals surface area contributed by atoms with Crippen LogP contribution in [0.15, 0.2) is 18.3 Å². The molecule has 0 radical (unpaired) electrons. The molecule has 1 fully saturated rings. The molecular weight excluding hydrogens is 210 g/mol. The lowest BCUT2D eigenvalue weighted by molar-refractivity contribution is 0.375. The average Bonchev–Trinajstić information content (AvgIpc) is 2.31. The summed E-state index contributed by atoms with van der Waals surface area (Å²) < 4.78 is 0. The Morgan fingerprint density at radius 1 is 1.47 bits per heavy atom. The molecule has 0 aliphatic carbocycles. The van der Waals surface area contributed by atoms with E-state index in [9.17, 15) is 0 Å². The number of rotatable bonds is 3. The first kappa shape index (κ1) is 12.4. The van der Waals surface area contributed by atoms with Crippen molar-refractivity contribution in [1.82, 2.24) is 10.3 Å². The quantitative estimate of drug-likeness (QED) is 0.869. The normalized spacial score (nSPS) is 25.0. The van der Waals surface area contributed by atoms with Gasteiger partial charge in [0.05, 0.1) is 0 Å². The number of piperidine rings is 1. The van der Waals surface area contributed by atoms with Crippen LogP contribution in [0.3, 0.4) is 0 Å². The third-order valence-electron chi connectivity index (χ3n) is 3.65. The summed E-state index contributed by atoms with van der Waals surface area (Å²) in [5.41, 5.74) is 1.30. The molecule has 0 saturated carbocycles. The molecule has 1 aliphatic rings. The van der Waals surface area contributed by atoms with E-state index in [1.807, 2.05) is 19.3 Å². The van der Waals surface area contributed by atoms with Crippen LogP contribution in [0.4, 0.5) is 5.82 Å². The van der Waals surface area contributed by atoms with E-state index < -0.39 is 0 Å². The van der Waals surface area contributed by atoms with Crippen LogP contribution >= 0.6 is 0 Å².